The van der Waals surface area contributed by atoms with Gasteiger partial charge in [-0.05, 0) is 63.2 Å². The number of hydrogen-bond acceptors (Lipinski definition) is 5. The Morgan fingerprint density at radius 3 is 2.34 bits per heavy atom. The van der Waals surface area contributed by atoms with Crippen LogP contribution in [0.5, 0.6) is 0 Å². The van der Waals surface area contributed by atoms with Crippen molar-refractivity contribution in [3.63, 3.8) is 0 Å². The molecule has 1 atom stereocenters. The number of hydrogen-bond donors (Lipinski definition) is 1. The first-order chi connectivity index (χ1) is 14.0. The molecule has 2 aromatic rings. The summed E-state index contributed by atoms with van der Waals surface area (Å²) in [4.78, 5) is 29.7. The van der Waals surface area contributed by atoms with Crippen molar-refractivity contribution in [1.29, 1.82) is 0 Å². The number of nitrogens with zero attached hydrogens (tertiary/aromatic N) is 1. The van der Waals surface area contributed by atoms with Gasteiger partial charge in [0, 0.05) is 16.5 Å². The van der Waals surface area contributed by atoms with E-state index in [2.05, 4.69) is 10.3 Å². The van der Waals surface area contributed by atoms with E-state index in [1.165, 1.54) is 30.6 Å². The average Bonchev–Trinajstić information content (AvgIpc) is 3.17. The van der Waals surface area contributed by atoms with Crippen LogP contribution in [-0.4, -0.2) is 28.5 Å². The number of esters is 1. The molecular weight excluding hydrogens is 384 g/mol. The molecule has 152 valence electrons. The fourth-order valence-electron chi connectivity index (χ4n) is 5.98. The molecule has 6 heteroatoms. The maximum atomic E-state index is 12.8. The number of amides is 1. The molecule has 5 nitrogen and oxygen atoms in total. The van der Waals surface area contributed by atoms with Gasteiger partial charge in [-0.25, -0.2) is 9.78 Å². The van der Waals surface area contributed by atoms with E-state index >= 15 is 0 Å². The summed E-state index contributed by atoms with van der Waals surface area (Å²) >= 11 is 1.40. The van der Waals surface area contributed by atoms with Crippen LogP contribution in [0.15, 0.2) is 35.7 Å². The minimum absolute atomic E-state index is 0.0758. The van der Waals surface area contributed by atoms with Gasteiger partial charge in [-0.1, -0.05) is 30.3 Å². The molecule has 4 aliphatic carbocycles. The molecule has 1 aromatic carbocycles. The highest BCUT2D eigenvalue weighted by Gasteiger charge is 2.51. The molecule has 29 heavy (non-hydrogen) atoms. The number of thiazole rings is 1. The minimum Gasteiger partial charge on any atom is -0.448 e. The number of benzene rings is 1. The van der Waals surface area contributed by atoms with Gasteiger partial charge in [0.15, 0.2) is 11.8 Å². The Kier molecular flexibility index (Phi) is 4.69. The fourth-order valence-corrected chi connectivity index (χ4v) is 6.78. The zero-order valence-corrected chi connectivity index (χ0v) is 17.4. The van der Waals surface area contributed by atoms with Gasteiger partial charge in [0.2, 0.25) is 0 Å². The summed E-state index contributed by atoms with van der Waals surface area (Å²) < 4.78 is 5.45. The molecule has 0 radical (unpaired) electrons. The van der Waals surface area contributed by atoms with Crippen molar-refractivity contribution in [3.8, 4) is 10.6 Å². The van der Waals surface area contributed by atoms with E-state index in [0.717, 1.165) is 47.6 Å². The SMILES string of the molecule is C[C@@H](OC(=O)c1csc(-c2ccccc2)n1)C(=O)NC12CC3CC(CC(C3)C1)C2. The molecule has 1 amide bonds. The van der Waals surface area contributed by atoms with Crippen LogP contribution in [0, 0.1) is 17.8 Å². The second-order valence-corrected chi connectivity index (χ2v) is 10.00. The van der Waals surface area contributed by atoms with Crippen LogP contribution in [0.1, 0.15) is 55.9 Å². The lowest BCUT2D eigenvalue weighted by Crippen LogP contribution is -2.61. The van der Waals surface area contributed by atoms with Crippen molar-refractivity contribution in [3.05, 3.63) is 41.4 Å². The lowest BCUT2D eigenvalue weighted by molar-refractivity contribution is -0.134. The first-order valence-electron chi connectivity index (χ1n) is 10.5. The molecule has 1 N–H and O–H groups in total. The molecule has 0 aliphatic heterocycles. The summed E-state index contributed by atoms with van der Waals surface area (Å²) in [6.45, 7) is 1.65. The Morgan fingerprint density at radius 2 is 1.72 bits per heavy atom. The monoisotopic (exact) mass is 410 g/mol. The largest absolute Gasteiger partial charge is 0.448 e. The average molecular weight is 411 g/mol. The second-order valence-electron chi connectivity index (χ2n) is 9.14. The van der Waals surface area contributed by atoms with Crippen molar-refractivity contribution in [2.75, 3.05) is 0 Å². The molecule has 0 saturated heterocycles. The third kappa shape index (κ3) is 3.70. The van der Waals surface area contributed by atoms with Crippen molar-refractivity contribution < 1.29 is 14.3 Å². The molecular formula is C23H26N2O3S. The van der Waals surface area contributed by atoms with Crippen LogP contribution in [0.25, 0.3) is 10.6 Å². The third-order valence-electron chi connectivity index (χ3n) is 6.81. The summed E-state index contributed by atoms with van der Waals surface area (Å²) in [5.41, 5.74) is 1.14. The van der Waals surface area contributed by atoms with E-state index in [-0.39, 0.29) is 17.1 Å². The topological polar surface area (TPSA) is 68.3 Å². The van der Waals surface area contributed by atoms with Crippen LogP contribution in [0.3, 0.4) is 0 Å². The Hall–Kier alpha value is -2.21. The van der Waals surface area contributed by atoms with E-state index in [0.29, 0.717) is 0 Å². The van der Waals surface area contributed by atoms with Crippen LogP contribution in [0.2, 0.25) is 0 Å². The highest BCUT2D eigenvalue weighted by atomic mass is 32.1. The normalized spacial score (nSPS) is 30.7. The Balaban J connectivity index is 1.21. The molecule has 4 saturated carbocycles. The van der Waals surface area contributed by atoms with Gasteiger partial charge in [0.05, 0.1) is 0 Å². The first-order valence-corrected chi connectivity index (χ1v) is 11.4. The van der Waals surface area contributed by atoms with Crippen molar-refractivity contribution in [1.82, 2.24) is 10.3 Å². The van der Waals surface area contributed by atoms with Crippen molar-refractivity contribution in [2.24, 2.45) is 17.8 Å². The minimum atomic E-state index is -0.822. The number of carbonyl (C=O) groups is 2. The van der Waals surface area contributed by atoms with E-state index in [9.17, 15) is 9.59 Å². The van der Waals surface area contributed by atoms with Gasteiger partial charge in [-0.15, -0.1) is 11.3 Å². The molecule has 1 heterocycles. The van der Waals surface area contributed by atoms with E-state index in [4.69, 9.17) is 4.74 Å². The van der Waals surface area contributed by atoms with Gasteiger partial charge in [0.1, 0.15) is 5.01 Å². The van der Waals surface area contributed by atoms with E-state index < -0.39 is 12.1 Å². The second kappa shape index (κ2) is 7.24. The summed E-state index contributed by atoms with van der Waals surface area (Å²) in [6.07, 6.45) is 6.40. The predicted octanol–water partition coefficient (Wildman–Crippen LogP) is 4.44. The fraction of sp³-hybridized carbons (Fsp3) is 0.522. The lowest BCUT2D eigenvalue weighted by Gasteiger charge is -2.57. The Bertz CT molecular complexity index is 888. The van der Waals surface area contributed by atoms with Gasteiger partial charge in [0.25, 0.3) is 5.91 Å². The zero-order valence-electron chi connectivity index (χ0n) is 16.6. The Morgan fingerprint density at radius 1 is 1.10 bits per heavy atom. The van der Waals surface area contributed by atoms with E-state index in [1.807, 2.05) is 30.3 Å². The number of ether oxygens (including phenoxy) is 1. The maximum absolute atomic E-state index is 12.8. The highest BCUT2D eigenvalue weighted by Crippen LogP contribution is 2.55. The van der Waals surface area contributed by atoms with Crippen LogP contribution in [-0.2, 0) is 9.53 Å². The quantitative estimate of drug-likeness (QED) is 0.740. The van der Waals surface area contributed by atoms with Crippen LogP contribution < -0.4 is 5.32 Å². The summed E-state index contributed by atoms with van der Waals surface area (Å²) in [5.74, 6) is 1.54. The maximum Gasteiger partial charge on any atom is 0.358 e. The van der Waals surface area contributed by atoms with Gasteiger partial charge in [-0.3, -0.25) is 4.79 Å². The Labute approximate surface area is 174 Å². The number of rotatable bonds is 5. The van der Waals surface area contributed by atoms with Crippen molar-refractivity contribution in [2.45, 2.75) is 57.1 Å². The standard InChI is InChI=1S/C23H26N2O3S/c1-14(20(26)25-23-10-15-7-16(11-23)9-17(8-15)12-23)28-22(27)19-13-29-21(24-19)18-5-3-2-4-6-18/h2-6,13-17H,7-12H2,1H3,(H,25,26)/t14-,15?,16?,17?,23?/m1/s1. The molecule has 4 aliphatic rings. The van der Waals surface area contributed by atoms with Crippen molar-refractivity contribution >= 4 is 23.2 Å². The molecule has 4 bridgehead atoms. The predicted molar refractivity (Wildman–Crippen MR) is 111 cm³/mol. The molecule has 0 spiro atoms. The van der Waals surface area contributed by atoms with Crippen LogP contribution in [0.4, 0.5) is 0 Å². The molecule has 4 fully saturated rings. The summed E-state index contributed by atoms with van der Waals surface area (Å²) in [6, 6.07) is 9.72. The van der Waals surface area contributed by atoms with E-state index in [1.54, 1.807) is 12.3 Å². The first kappa shape index (κ1) is 18.8. The number of carbonyl (C=O) groups excluding carboxylic acids is 2. The molecule has 6 rings (SSSR count). The summed E-state index contributed by atoms with van der Waals surface area (Å²) in [7, 11) is 0. The number of aromatic nitrogens is 1. The highest BCUT2D eigenvalue weighted by molar-refractivity contribution is 7.13. The number of nitrogens with one attached hydrogen (secondary N) is 1. The zero-order chi connectivity index (χ0) is 20.0. The van der Waals surface area contributed by atoms with Gasteiger partial charge < -0.3 is 10.1 Å². The molecule has 1 aromatic heterocycles. The summed E-state index contributed by atoms with van der Waals surface area (Å²) in [5, 5.41) is 5.73. The third-order valence-corrected chi connectivity index (χ3v) is 7.71. The van der Waals surface area contributed by atoms with Crippen LogP contribution >= 0.6 is 11.3 Å². The lowest BCUT2D eigenvalue weighted by atomic mass is 9.53. The van der Waals surface area contributed by atoms with Gasteiger partial charge in [-0.2, -0.15) is 0 Å². The van der Waals surface area contributed by atoms with Gasteiger partial charge >= 0.3 is 5.97 Å². The molecule has 0 unspecified atom stereocenters. The smallest absolute Gasteiger partial charge is 0.358 e.